The van der Waals surface area contributed by atoms with Crippen molar-refractivity contribution in [1.82, 2.24) is 9.97 Å². The van der Waals surface area contributed by atoms with Gasteiger partial charge in [0.05, 0.1) is 10.5 Å². The lowest BCUT2D eigenvalue weighted by atomic mass is 10.1. The van der Waals surface area contributed by atoms with Crippen molar-refractivity contribution in [2.45, 2.75) is 13.3 Å². The SMILES string of the molecule is CCc1cccc2c(Cl)nc(-c3ccc(Cl)cc3Cl)nc12. The van der Waals surface area contributed by atoms with Crippen LogP contribution < -0.4 is 0 Å². The van der Waals surface area contributed by atoms with E-state index < -0.39 is 0 Å². The molecule has 0 N–H and O–H groups in total. The highest BCUT2D eigenvalue weighted by Crippen LogP contribution is 2.32. The summed E-state index contributed by atoms with van der Waals surface area (Å²) in [6, 6.07) is 11.2. The van der Waals surface area contributed by atoms with Crippen LogP contribution in [0.3, 0.4) is 0 Å². The minimum Gasteiger partial charge on any atom is -0.228 e. The molecule has 0 spiro atoms. The Morgan fingerprint density at radius 2 is 1.81 bits per heavy atom. The fourth-order valence-corrected chi connectivity index (χ4v) is 2.98. The smallest absolute Gasteiger partial charge is 0.163 e. The van der Waals surface area contributed by atoms with Crippen LogP contribution in [0.25, 0.3) is 22.3 Å². The molecule has 2 nitrogen and oxygen atoms in total. The molecule has 3 rings (SSSR count). The van der Waals surface area contributed by atoms with Crippen LogP contribution in [0.4, 0.5) is 0 Å². The van der Waals surface area contributed by atoms with Crippen LogP contribution in [0.15, 0.2) is 36.4 Å². The lowest BCUT2D eigenvalue weighted by Gasteiger charge is -2.09. The molecule has 106 valence electrons. The fraction of sp³-hybridized carbons (Fsp3) is 0.125. The number of fused-ring (bicyclic) bond motifs is 1. The molecule has 0 aliphatic heterocycles. The highest BCUT2D eigenvalue weighted by Gasteiger charge is 2.12. The maximum atomic E-state index is 6.30. The van der Waals surface area contributed by atoms with Gasteiger partial charge in [0, 0.05) is 16.0 Å². The Kier molecular flexibility index (Phi) is 4.03. The van der Waals surface area contributed by atoms with E-state index in [1.165, 1.54) is 0 Å². The van der Waals surface area contributed by atoms with Gasteiger partial charge in [-0.15, -0.1) is 0 Å². The molecule has 2 aromatic carbocycles. The molecular formula is C16H11Cl3N2. The van der Waals surface area contributed by atoms with Crippen molar-refractivity contribution in [2.75, 3.05) is 0 Å². The second-order valence-electron chi connectivity index (χ2n) is 4.63. The molecule has 0 bridgehead atoms. The first kappa shape index (κ1) is 14.6. The predicted octanol–water partition coefficient (Wildman–Crippen LogP) is 5.82. The van der Waals surface area contributed by atoms with Crippen molar-refractivity contribution in [3.05, 3.63) is 57.2 Å². The van der Waals surface area contributed by atoms with Crippen molar-refractivity contribution in [3.63, 3.8) is 0 Å². The first-order chi connectivity index (χ1) is 10.1. The van der Waals surface area contributed by atoms with Gasteiger partial charge >= 0.3 is 0 Å². The first-order valence-electron chi connectivity index (χ1n) is 6.50. The molecule has 0 atom stereocenters. The lowest BCUT2D eigenvalue weighted by molar-refractivity contribution is 1.13. The van der Waals surface area contributed by atoms with E-state index in [4.69, 9.17) is 34.8 Å². The summed E-state index contributed by atoms with van der Waals surface area (Å²) in [6.45, 7) is 2.08. The molecule has 0 saturated heterocycles. The molecule has 0 amide bonds. The standard InChI is InChI=1S/C16H11Cl3N2/c1-2-9-4-3-5-12-14(9)20-16(21-15(12)19)11-7-6-10(17)8-13(11)18/h3-8H,2H2,1H3. The Bertz CT molecular complexity index is 831. The van der Waals surface area contributed by atoms with Crippen LogP contribution in [-0.2, 0) is 6.42 Å². The molecule has 21 heavy (non-hydrogen) atoms. The third kappa shape index (κ3) is 2.71. The van der Waals surface area contributed by atoms with E-state index in [-0.39, 0.29) is 0 Å². The summed E-state index contributed by atoms with van der Waals surface area (Å²) in [6.07, 6.45) is 0.873. The Morgan fingerprint density at radius 1 is 1.00 bits per heavy atom. The maximum Gasteiger partial charge on any atom is 0.163 e. The molecule has 1 aromatic heterocycles. The van der Waals surface area contributed by atoms with Crippen molar-refractivity contribution < 1.29 is 0 Å². The Balaban J connectivity index is 2.29. The van der Waals surface area contributed by atoms with Crippen LogP contribution in [0.5, 0.6) is 0 Å². The number of aryl methyl sites for hydroxylation is 1. The number of nitrogens with zero attached hydrogens (tertiary/aromatic N) is 2. The zero-order valence-electron chi connectivity index (χ0n) is 11.2. The highest BCUT2D eigenvalue weighted by atomic mass is 35.5. The number of halogens is 3. The quantitative estimate of drug-likeness (QED) is 0.551. The van der Waals surface area contributed by atoms with Gasteiger partial charge < -0.3 is 0 Å². The van der Waals surface area contributed by atoms with Crippen LogP contribution in [-0.4, -0.2) is 9.97 Å². The van der Waals surface area contributed by atoms with E-state index in [0.717, 1.165) is 28.5 Å². The summed E-state index contributed by atoms with van der Waals surface area (Å²) in [7, 11) is 0. The third-order valence-electron chi connectivity index (χ3n) is 3.32. The van der Waals surface area contributed by atoms with E-state index >= 15 is 0 Å². The Morgan fingerprint density at radius 3 is 2.52 bits per heavy atom. The van der Waals surface area contributed by atoms with Gasteiger partial charge in [0.1, 0.15) is 5.15 Å². The molecule has 0 aliphatic carbocycles. The average Bonchev–Trinajstić information content (AvgIpc) is 2.46. The Hall–Kier alpha value is -1.35. The van der Waals surface area contributed by atoms with Crippen molar-refractivity contribution >= 4 is 45.7 Å². The Labute approximate surface area is 137 Å². The largest absolute Gasteiger partial charge is 0.228 e. The van der Waals surface area contributed by atoms with E-state index in [1.54, 1.807) is 18.2 Å². The van der Waals surface area contributed by atoms with Gasteiger partial charge in [-0.1, -0.05) is 53.9 Å². The molecule has 0 unspecified atom stereocenters. The van der Waals surface area contributed by atoms with Crippen LogP contribution in [0, 0.1) is 0 Å². The van der Waals surface area contributed by atoms with E-state index in [0.29, 0.717) is 21.0 Å². The van der Waals surface area contributed by atoms with Crippen molar-refractivity contribution in [1.29, 1.82) is 0 Å². The van der Waals surface area contributed by atoms with Gasteiger partial charge in [0.15, 0.2) is 5.82 Å². The molecule has 3 aromatic rings. The minimum absolute atomic E-state index is 0.427. The molecule has 1 heterocycles. The number of hydrogen-bond acceptors (Lipinski definition) is 2. The molecular weight excluding hydrogens is 327 g/mol. The summed E-state index contributed by atoms with van der Waals surface area (Å²) in [4.78, 5) is 9.01. The summed E-state index contributed by atoms with van der Waals surface area (Å²) < 4.78 is 0. The number of hydrogen-bond donors (Lipinski definition) is 0. The monoisotopic (exact) mass is 336 g/mol. The second-order valence-corrected chi connectivity index (χ2v) is 5.83. The van der Waals surface area contributed by atoms with Gasteiger partial charge in [-0.25, -0.2) is 9.97 Å². The number of para-hydroxylation sites is 1. The number of benzene rings is 2. The van der Waals surface area contributed by atoms with E-state index in [1.807, 2.05) is 18.2 Å². The predicted molar refractivity (Wildman–Crippen MR) is 89.4 cm³/mol. The van der Waals surface area contributed by atoms with E-state index in [9.17, 15) is 0 Å². The summed E-state index contributed by atoms with van der Waals surface area (Å²) in [5, 5.41) is 2.36. The van der Waals surface area contributed by atoms with Gasteiger partial charge in [-0.2, -0.15) is 0 Å². The topological polar surface area (TPSA) is 25.8 Å². The summed E-state index contributed by atoms with van der Waals surface area (Å²) >= 11 is 18.5. The number of aromatic nitrogens is 2. The van der Waals surface area contributed by atoms with Crippen molar-refractivity contribution in [2.24, 2.45) is 0 Å². The van der Waals surface area contributed by atoms with Gasteiger partial charge in [0.2, 0.25) is 0 Å². The maximum absolute atomic E-state index is 6.30. The third-order valence-corrected chi connectivity index (χ3v) is 4.15. The molecule has 0 saturated carbocycles. The van der Waals surface area contributed by atoms with Crippen LogP contribution in [0.2, 0.25) is 15.2 Å². The second kappa shape index (κ2) is 5.80. The lowest BCUT2D eigenvalue weighted by Crippen LogP contribution is -1.95. The van der Waals surface area contributed by atoms with Crippen molar-refractivity contribution in [3.8, 4) is 11.4 Å². The zero-order chi connectivity index (χ0) is 15.0. The molecule has 5 heteroatoms. The summed E-state index contributed by atoms with van der Waals surface area (Å²) in [5.41, 5.74) is 2.71. The van der Waals surface area contributed by atoms with Crippen LogP contribution >= 0.6 is 34.8 Å². The first-order valence-corrected chi connectivity index (χ1v) is 7.64. The fourth-order valence-electron chi connectivity index (χ4n) is 2.25. The highest BCUT2D eigenvalue weighted by molar-refractivity contribution is 6.36. The molecule has 0 radical (unpaired) electrons. The molecule has 0 aliphatic rings. The summed E-state index contributed by atoms with van der Waals surface area (Å²) in [5.74, 6) is 0.509. The van der Waals surface area contributed by atoms with E-state index in [2.05, 4.69) is 16.9 Å². The van der Waals surface area contributed by atoms with Gasteiger partial charge in [-0.05, 0) is 36.2 Å². The number of rotatable bonds is 2. The van der Waals surface area contributed by atoms with Gasteiger partial charge in [-0.3, -0.25) is 0 Å². The normalized spacial score (nSPS) is 11.0. The van der Waals surface area contributed by atoms with Crippen LogP contribution in [0.1, 0.15) is 12.5 Å². The molecule has 0 fully saturated rings. The minimum atomic E-state index is 0.427. The zero-order valence-corrected chi connectivity index (χ0v) is 13.5. The average molecular weight is 338 g/mol. The van der Waals surface area contributed by atoms with Gasteiger partial charge in [0.25, 0.3) is 0 Å².